The zero-order chi connectivity index (χ0) is 22.8. The number of methoxy groups -OCH3 is 2. The molecule has 1 aliphatic heterocycles. The van der Waals surface area contributed by atoms with Crippen molar-refractivity contribution in [3.05, 3.63) is 42.5 Å². The van der Waals surface area contributed by atoms with Crippen LogP contribution in [0.1, 0.15) is 20.3 Å². The molecular weight excluding hydrogens is 440 g/mol. The predicted octanol–water partition coefficient (Wildman–Crippen LogP) is 3.17. The van der Waals surface area contributed by atoms with Crippen molar-refractivity contribution in [1.82, 2.24) is 4.31 Å². The normalized spacial score (nSPS) is 20.3. The molecule has 31 heavy (non-hydrogen) atoms. The first-order valence-corrected chi connectivity index (χ1v) is 12.8. The van der Waals surface area contributed by atoms with Gasteiger partial charge < -0.3 is 9.47 Å². The summed E-state index contributed by atoms with van der Waals surface area (Å²) in [5.74, 6) is 1.12. The zero-order valence-electron chi connectivity index (χ0n) is 18.0. The lowest BCUT2D eigenvalue weighted by Gasteiger charge is -2.34. The van der Waals surface area contributed by atoms with E-state index >= 15 is 0 Å². The number of hydrogen-bond donors (Lipinski definition) is 1. The molecule has 1 N–H and O–H groups in total. The summed E-state index contributed by atoms with van der Waals surface area (Å²) in [6, 6.07) is 10.2. The summed E-state index contributed by atoms with van der Waals surface area (Å²) >= 11 is 0. The Morgan fingerprint density at radius 1 is 0.903 bits per heavy atom. The lowest BCUT2D eigenvalue weighted by atomic mass is 9.94. The second kappa shape index (κ2) is 9.05. The van der Waals surface area contributed by atoms with Gasteiger partial charge in [0.1, 0.15) is 16.4 Å². The maximum atomic E-state index is 13.0. The third-order valence-electron chi connectivity index (χ3n) is 5.24. The Morgan fingerprint density at radius 3 is 2.06 bits per heavy atom. The van der Waals surface area contributed by atoms with E-state index in [0.717, 1.165) is 6.42 Å². The quantitative estimate of drug-likeness (QED) is 0.670. The van der Waals surface area contributed by atoms with E-state index in [4.69, 9.17) is 9.47 Å². The lowest BCUT2D eigenvalue weighted by molar-refractivity contribution is 0.222. The maximum Gasteiger partial charge on any atom is 0.265 e. The number of piperidine rings is 1. The van der Waals surface area contributed by atoms with E-state index in [-0.39, 0.29) is 21.2 Å². The number of anilines is 1. The highest BCUT2D eigenvalue weighted by molar-refractivity contribution is 7.92. The number of nitrogens with zero attached hydrogens (tertiary/aromatic N) is 1. The molecule has 1 aliphatic rings. The van der Waals surface area contributed by atoms with Crippen molar-refractivity contribution in [2.75, 3.05) is 32.0 Å². The van der Waals surface area contributed by atoms with E-state index in [1.807, 2.05) is 13.8 Å². The maximum absolute atomic E-state index is 13.0. The van der Waals surface area contributed by atoms with Gasteiger partial charge >= 0.3 is 0 Å². The standard InChI is InChI=1S/C21H28N2O6S2/c1-15-11-16(2)14-23(13-15)31(26,27)19-8-5-17(6-9-19)22-30(24,25)21-12-18(28-3)7-10-20(21)29-4/h5-10,12,15-16,22H,11,13-14H2,1-4H3. The fourth-order valence-corrected chi connectivity index (χ4v) is 6.77. The Bertz CT molecular complexity index is 1120. The summed E-state index contributed by atoms with van der Waals surface area (Å²) < 4.78 is 66.0. The largest absolute Gasteiger partial charge is 0.497 e. The first kappa shape index (κ1) is 23.4. The summed E-state index contributed by atoms with van der Waals surface area (Å²) in [4.78, 5) is 0.0537. The molecule has 3 rings (SSSR count). The summed E-state index contributed by atoms with van der Waals surface area (Å²) in [7, 11) is -4.81. The van der Waals surface area contributed by atoms with Crippen molar-refractivity contribution < 1.29 is 26.3 Å². The minimum Gasteiger partial charge on any atom is -0.497 e. The highest BCUT2D eigenvalue weighted by Crippen LogP contribution is 2.31. The Morgan fingerprint density at radius 2 is 1.52 bits per heavy atom. The van der Waals surface area contributed by atoms with Crippen LogP contribution in [0.4, 0.5) is 5.69 Å². The zero-order valence-corrected chi connectivity index (χ0v) is 19.7. The van der Waals surface area contributed by atoms with E-state index in [2.05, 4.69) is 4.72 Å². The van der Waals surface area contributed by atoms with Gasteiger partial charge in [-0.1, -0.05) is 13.8 Å². The van der Waals surface area contributed by atoms with Crippen molar-refractivity contribution in [2.24, 2.45) is 11.8 Å². The molecule has 8 nitrogen and oxygen atoms in total. The lowest BCUT2D eigenvalue weighted by Crippen LogP contribution is -2.42. The number of benzene rings is 2. The van der Waals surface area contributed by atoms with Gasteiger partial charge in [0.15, 0.2) is 0 Å². The number of rotatable bonds is 7. The van der Waals surface area contributed by atoms with Crippen molar-refractivity contribution in [1.29, 1.82) is 0 Å². The van der Waals surface area contributed by atoms with Crippen LogP contribution in [0.15, 0.2) is 52.3 Å². The monoisotopic (exact) mass is 468 g/mol. The van der Waals surface area contributed by atoms with E-state index in [0.29, 0.717) is 30.7 Å². The SMILES string of the molecule is COc1ccc(OC)c(S(=O)(=O)Nc2ccc(S(=O)(=O)N3CC(C)CC(C)C3)cc2)c1. The third kappa shape index (κ3) is 5.13. The fraction of sp³-hybridized carbons (Fsp3) is 0.429. The van der Waals surface area contributed by atoms with Crippen LogP contribution < -0.4 is 14.2 Å². The molecule has 0 aliphatic carbocycles. The van der Waals surface area contributed by atoms with Crippen molar-refractivity contribution in [3.8, 4) is 11.5 Å². The van der Waals surface area contributed by atoms with Gasteiger partial charge in [0.05, 0.1) is 19.1 Å². The average Bonchev–Trinajstić information content (AvgIpc) is 2.72. The smallest absolute Gasteiger partial charge is 0.265 e. The summed E-state index contributed by atoms with van der Waals surface area (Å²) in [6.45, 7) is 5.05. The van der Waals surface area contributed by atoms with Gasteiger partial charge in [-0.3, -0.25) is 4.72 Å². The van der Waals surface area contributed by atoms with Crippen LogP contribution in [-0.2, 0) is 20.0 Å². The first-order valence-electron chi connectivity index (χ1n) is 9.92. The van der Waals surface area contributed by atoms with Crippen molar-refractivity contribution >= 4 is 25.7 Å². The molecule has 2 aromatic carbocycles. The number of nitrogens with one attached hydrogen (secondary N) is 1. The molecule has 0 saturated carbocycles. The average molecular weight is 469 g/mol. The van der Waals surface area contributed by atoms with Crippen LogP contribution in [-0.4, -0.2) is 48.4 Å². The molecule has 10 heteroatoms. The molecule has 0 aromatic heterocycles. The summed E-state index contributed by atoms with van der Waals surface area (Å²) in [5.41, 5.74) is 0.240. The second-order valence-corrected chi connectivity index (χ2v) is 11.5. The molecule has 170 valence electrons. The molecule has 0 amide bonds. The molecule has 1 fully saturated rings. The van der Waals surface area contributed by atoms with Gasteiger partial charge in [-0.15, -0.1) is 0 Å². The van der Waals surface area contributed by atoms with E-state index in [1.165, 1.54) is 54.9 Å². The van der Waals surface area contributed by atoms with Gasteiger partial charge in [0, 0.05) is 24.8 Å². The number of sulfonamides is 2. The van der Waals surface area contributed by atoms with Gasteiger partial charge in [-0.05, 0) is 54.7 Å². The highest BCUT2D eigenvalue weighted by atomic mass is 32.2. The third-order valence-corrected chi connectivity index (χ3v) is 8.49. The number of ether oxygens (including phenoxy) is 2. The minimum absolute atomic E-state index is 0.0812. The molecule has 0 spiro atoms. The minimum atomic E-state index is -3.99. The van der Waals surface area contributed by atoms with Crippen LogP contribution in [0.2, 0.25) is 0 Å². The molecule has 0 bridgehead atoms. The summed E-state index contributed by atoms with van der Waals surface area (Å²) in [5, 5.41) is 0. The van der Waals surface area contributed by atoms with Crippen LogP contribution in [0.3, 0.4) is 0 Å². The van der Waals surface area contributed by atoms with Gasteiger partial charge in [-0.2, -0.15) is 4.31 Å². The van der Waals surface area contributed by atoms with Gasteiger partial charge in [0.25, 0.3) is 10.0 Å². The van der Waals surface area contributed by atoms with Gasteiger partial charge in [-0.25, -0.2) is 16.8 Å². The summed E-state index contributed by atoms with van der Waals surface area (Å²) in [6.07, 6.45) is 1.00. The predicted molar refractivity (Wildman–Crippen MR) is 119 cm³/mol. The van der Waals surface area contributed by atoms with Crippen LogP contribution in [0, 0.1) is 11.8 Å². The molecule has 2 atom stereocenters. The molecule has 0 radical (unpaired) electrons. The Balaban J connectivity index is 1.84. The molecule has 1 heterocycles. The van der Waals surface area contributed by atoms with Crippen LogP contribution in [0.25, 0.3) is 0 Å². The topological polar surface area (TPSA) is 102 Å². The Kier molecular flexibility index (Phi) is 6.82. The van der Waals surface area contributed by atoms with Crippen LogP contribution >= 0.6 is 0 Å². The van der Waals surface area contributed by atoms with Crippen molar-refractivity contribution in [3.63, 3.8) is 0 Å². The first-order chi connectivity index (χ1) is 14.6. The van der Waals surface area contributed by atoms with Crippen LogP contribution in [0.5, 0.6) is 11.5 Å². The van der Waals surface area contributed by atoms with E-state index < -0.39 is 20.0 Å². The molecule has 2 aromatic rings. The van der Waals surface area contributed by atoms with Gasteiger partial charge in [0.2, 0.25) is 10.0 Å². The van der Waals surface area contributed by atoms with E-state index in [9.17, 15) is 16.8 Å². The molecular formula is C21H28N2O6S2. The Labute approximate surface area is 184 Å². The highest BCUT2D eigenvalue weighted by Gasteiger charge is 2.31. The second-order valence-electron chi connectivity index (χ2n) is 7.91. The number of hydrogen-bond acceptors (Lipinski definition) is 6. The Hall–Kier alpha value is -2.30. The van der Waals surface area contributed by atoms with E-state index in [1.54, 1.807) is 6.07 Å². The fourth-order valence-electron chi connectivity index (χ4n) is 3.85. The molecule has 2 unspecified atom stereocenters. The molecule has 1 saturated heterocycles. The van der Waals surface area contributed by atoms with Crippen molar-refractivity contribution in [2.45, 2.75) is 30.1 Å².